The summed E-state index contributed by atoms with van der Waals surface area (Å²) < 4.78 is 0. The van der Waals surface area contributed by atoms with E-state index in [1.165, 1.54) is 9.88 Å². The number of nitrogens with one attached hydrogen (secondary N) is 1. The van der Waals surface area contributed by atoms with Crippen LogP contribution in [0.1, 0.15) is 41.4 Å². The van der Waals surface area contributed by atoms with Crippen molar-refractivity contribution in [1.82, 2.24) is 20.2 Å². The number of guanidine groups is 1. The SMILES string of the molecule is CCNC(=NCc1cnc(CC(C)C)s1)N(C)Cc1csc(C)n1.I. The number of hydrogen-bond acceptors (Lipinski definition) is 5. The van der Waals surface area contributed by atoms with Crippen LogP contribution in [0.5, 0.6) is 0 Å². The molecule has 5 nitrogen and oxygen atoms in total. The van der Waals surface area contributed by atoms with Crippen LogP contribution in [-0.4, -0.2) is 34.4 Å². The second-order valence-corrected chi connectivity index (χ2v) is 8.46. The highest BCUT2D eigenvalue weighted by Gasteiger charge is 2.09. The fourth-order valence-corrected chi connectivity index (χ4v) is 3.95. The van der Waals surface area contributed by atoms with E-state index in [-0.39, 0.29) is 24.0 Å². The van der Waals surface area contributed by atoms with Gasteiger partial charge in [-0.05, 0) is 19.8 Å². The maximum atomic E-state index is 4.76. The van der Waals surface area contributed by atoms with Crippen molar-refractivity contribution in [3.63, 3.8) is 0 Å². The predicted octanol–water partition coefficient (Wildman–Crippen LogP) is 4.32. The Bertz CT molecular complexity index is 666. The highest BCUT2D eigenvalue weighted by atomic mass is 127. The van der Waals surface area contributed by atoms with Crippen LogP contribution in [-0.2, 0) is 19.5 Å². The Morgan fingerprint density at radius 3 is 2.76 bits per heavy atom. The highest BCUT2D eigenvalue weighted by Crippen LogP contribution is 2.17. The smallest absolute Gasteiger partial charge is 0.194 e. The third-order valence-electron chi connectivity index (χ3n) is 3.33. The Hall–Kier alpha value is -0.740. The fourth-order valence-electron chi connectivity index (χ4n) is 2.29. The largest absolute Gasteiger partial charge is 0.357 e. The van der Waals surface area contributed by atoms with E-state index in [9.17, 15) is 0 Å². The second kappa shape index (κ2) is 11.1. The number of thiazole rings is 2. The fraction of sp³-hybridized carbons (Fsp3) is 0.588. The zero-order chi connectivity index (χ0) is 17.5. The maximum Gasteiger partial charge on any atom is 0.194 e. The first-order valence-electron chi connectivity index (χ1n) is 8.32. The van der Waals surface area contributed by atoms with Crippen LogP contribution in [0.25, 0.3) is 0 Å². The van der Waals surface area contributed by atoms with Gasteiger partial charge in [0.2, 0.25) is 0 Å². The molecule has 0 aliphatic heterocycles. The standard InChI is InChI=1S/C17H27N5S2.HI/c1-6-18-17(22(5)10-14-11-23-13(4)21-14)20-9-15-8-19-16(24-15)7-12(2)3;/h8,11-12H,6-7,9-10H2,1-5H3,(H,18,20);1H. The Morgan fingerprint density at radius 1 is 1.40 bits per heavy atom. The zero-order valence-electron chi connectivity index (χ0n) is 15.6. The molecule has 0 aromatic carbocycles. The van der Waals surface area contributed by atoms with Crippen molar-refractivity contribution in [3.8, 4) is 0 Å². The average Bonchev–Trinajstić information content (AvgIpc) is 3.12. The van der Waals surface area contributed by atoms with Crippen LogP contribution in [0.2, 0.25) is 0 Å². The van der Waals surface area contributed by atoms with Crippen molar-refractivity contribution in [3.05, 3.63) is 32.2 Å². The van der Waals surface area contributed by atoms with Crippen LogP contribution in [0.15, 0.2) is 16.6 Å². The molecule has 1 N–H and O–H groups in total. The van der Waals surface area contributed by atoms with E-state index in [0.29, 0.717) is 12.5 Å². The highest BCUT2D eigenvalue weighted by molar-refractivity contribution is 14.0. The Kier molecular flexibility index (Phi) is 9.88. The van der Waals surface area contributed by atoms with E-state index in [2.05, 4.69) is 46.3 Å². The topological polar surface area (TPSA) is 53.4 Å². The van der Waals surface area contributed by atoms with Gasteiger partial charge >= 0.3 is 0 Å². The number of rotatable bonds is 7. The van der Waals surface area contributed by atoms with E-state index in [4.69, 9.17) is 4.99 Å². The lowest BCUT2D eigenvalue weighted by atomic mass is 10.1. The van der Waals surface area contributed by atoms with Crippen molar-refractivity contribution >= 4 is 52.6 Å². The molecular weight excluding hydrogens is 465 g/mol. The van der Waals surface area contributed by atoms with Crippen molar-refractivity contribution < 1.29 is 0 Å². The Labute approximate surface area is 176 Å². The van der Waals surface area contributed by atoms with Gasteiger partial charge in [-0.1, -0.05) is 13.8 Å². The summed E-state index contributed by atoms with van der Waals surface area (Å²) in [6.45, 7) is 10.8. The lowest BCUT2D eigenvalue weighted by Crippen LogP contribution is -2.38. The maximum absolute atomic E-state index is 4.76. The van der Waals surface area contributed by atoms with E-state index >= 15 is 0 Å². The molecule has 8 heteroatoms. The minimum Gasteiger partial charge on any atom is -0.357 e. The molecular formula is C17H28IN5S2. The first-order valence-corrected chi connectivity index (χ1v) is 10.0. The normalized spacial score (nSPS) is 11.5. The quantitative estimate of drug-likeness (QED) is 0.355. The summed E-state index contributed by atoms with van der Waals surface area (Å²) in [5.41, 5.74) is 1.09. The predicted molar refractivity (Wildman–Crippen MR) is 119 cm³/mol. The average molecular weight is 493 g/mol. The van der Waals surface area contributed by atoms with E-state index < -0.39 is 0 Å². The molecule has 2 heterocycles. The second-order valence-electron chi connectivity index (χ2n) is 6.20. The van der Waals surface area contributed by atoms with Crippen LogP contribution in [0.3, 0.4) is 0 Å². The first kappa shape index (κ1) is 22.3. The van der Waals surface area contributed by atoms with Gasteiger partial charge in [0.1, 0.15) is 0 Å². The third-order valence-corrected chi connectivity index (χ3v) is 5.16. The Morgan fingerprint density at radius 2 is 2.16 bits per heavy atom. The Balaban J connectivity index is 0.00000312. The molecule has 0 fully saturated rings. The summed E-state index contributed by atoms with van der Waals surface area (Å²) >= 11 is 3.45. The van der Waals surface area contributed by atoms with Gasteiger partial charge in [-0.25, -0.2) is 15.0 Å². The van der Waals surface area contributed by atoms with Crippen LogP contribution in [0, 0.1) is 12.8 Å². The lowest BCUT2D eigenvalue weighted by Gasteiger charge is -2.21. The monoisotopic (exact) mass is 493 g/mol. The molecule has 140 valence electrons. The molecule has 0 aliphatic rings. The minimum atomic E-state index is 0. The summed E-state index contributed by atoms with van der Waals surface area (Å²) in [6, 6.07) is 0. The molecule has 2 aromatic rings. The number of aromatic nitrogens is 2. The molecule has 0 aliphatic carbocycles. The van der Waals surface area contributed by atoms with Gasteiger partial charge in [0, 0.05) is 36.5 Å². The summed E-state index contributed by atoms with van der Waals surface area (Å²) in [5, 5.41) is 7.76. The molecule has 25 heavy (non-hydrogen) atoms. The van der Waals surface area contributed by atoms with Gasteiger partial charge in [0.25, 0.3) is 0 Å². The number of aryl methyl sites for hydroxylation is 1. The molecule has 0 amide bonds. The van der Waals surface area contributed by atoms with Gasteiger partial charge in [0.15, 0.2) is 5.96 Å². The molecule has 0 spiro atoms. The molecule has 2 rings (SSSR count). The van der Waals surface area contributed by atoms with Crippen LogP contribution >= 0.6 is 46.7 Å². The van der Waals surface area contributed by atoms with Crippen molar-refractivity contribution in [2.75, 3.05) is 13.6 Å². The number of aliphatic imine (C=N–C) groups is 1. The van der Waals surface area contributed by atoms with E-state index in [0.717, 1.165) is 36.2 Å². The van der Waals surface area contributed by atoms with E-state index in [1.807, 2.05) is 20.2 Å². The minimum absolute atomic E-state index is 0. The molecule has 0 unspecified atom stereocenters. The lowest BCUT2D eigenvalue weighted by molar-refractivity contribution is 0.471. The van der Waals surface area contributed by atoms with Crippen LogP contribution in [0.4, 0.5) is 0 Å². The third kappa shape index (κ3) is 7.57. The first-order chi connectivity index (χ1) is 11.5. The number of hydrogen-bond donors (Lipinski definition) is 1. The molecule has 0 atom stereocenters. The summed E-state index contributed by atoms with van der Waals surface area (Å²) in [6.07, 6.45) is 3.00. The summed E-state index contributed by atoms with van der Waals surface area (Å²) in [4.78, 5) is 17.1. The van der Waals surface area contributed by atoms with Crippen molar-refractivity contribution in [2.24, 2.45) is 10.9 Å². The summed E-state index contributed by atoms with van der Waals surface area (Å²) in [5.74, 6) is 1.54. The van der Waals surface area contributed by atoms with Crippen LogP contribution < -0.4 is 5.32 Å². The van der Waals surface area contributed by atoms with Gasteiger partial charge in [-0.2, -0.15) is 0 Å². The van der Waals surface area contributed by atoms with Gasteiger partial charge in [-0.3, -0.25) is 0 Å². The zero-order valence-corrected chi connectivity index (χ0v) is 19.5. The van der Waals surface area contributed by atoms with E-state index in [1.54, 1.807) is 22.7 Å². The summed E-state index contributed by atoms with van der Waals surface area (Å²) in [7, 11) is 2.05. The molecule has 0 saturated heterocycles. The molecule has 0 saturated carbocycles. The molecule has 0 bridgehead atoms. The molecule has 0 radical (unpaired) electrons. The van der Waals surface area contributed by atoms with Gasteiger partial charge in [-0.15, -0.1) is 46.7 Å². The number of halogens is 1. The van der Waals surface area contributed by atoms with Gasteiger partial charge < -0.3 is 10.2 Å². The number of nitrogens with zero attached hydrogens (tertiary/aromatic N) is 4. The van der Waals surface area contributed by atoms with Gasteiger partial charge in [0.05, 0.1) is 28.8 Å². The van der Waals surface area contributed by atoms with Crippen molar-refractivity contribution in [2.45, 2.75) is 47.2 Å². The van der Waals surface area contributed by atoms with Crippen molar-refractivity contribution in [1.29, 1.82) is 0 Å². The molecule has 2 aromatic heterocycles.